The Morgan fingerprint density at radius 1 is 1.26 bits per heavy atom. The summed E-state index contributed by atoms with van der Waals surface area (Å²) in [6.45, 7) is -0.690. The van der Waals surface area contributed by atoms with Crippen LogP contribution in [0, 0.1) is 11.8 Å². The van der Waals surface area contributed by atoms with Crippen LogP contribution in [0.3, 0.4) is 0 Å². The molecule has 34 heavy (non-hydrogen) atoms. The lowest BCUT2D eigenvalue weighted by Crippen LogP contribution is -2.47. The zero-order chi connectivity index (χ0) is 24.6. The molecular formula is C23H21ClF2N4O4. The third-order valence-electron chi connectivity index (χ3n) is 5.98. The van der Waals surface area contributed by atoms with Crippen LogP contribution in [0.1, 0.15) is 35.2 Å². The van der Waals surface area contributed by atoms with E-state index in [1.165, 1.54) is 35.2 Å². The summed E-state index contributed by atoms with van der Waals surface area (Å²) in [6.07, 6.45) is 2.31. The van der Waals surface area contributed by atoms with Gasteiger partial charge in [-0.1, -0.05) is 11.6 Å². The fourth-order valence-electron chi connectivity index (χ4n) is 4.34. The highest BCUT2D eigenvalue weighted by molar-refractivity contribution is 6.31. The second-order valence-corrected chi connectivity index (χ2v) is 8.41. The number of halogens is 3. The maximum absolute atomic E-state index is 14.6. The van der Waals surface area contributed by atoms with Crippen molar-refractivity contribution in [1.29, 1.82) is 0 Å². The molecule has 2 aliphatic heterocycles. The van der Waals surface area contributed by atoms with Crippen LogP contribution in [0.15, 0.2) is 30.3 Å². The van der Waals surface area contributed by atoms with E-state index in [4.69, 9.17) is 22.1 Å². The number of nitrogen functional groups attached to an aromatic ring is 1. The highest BCUT2D eigenvalue weighted by Crippen LogP contribution is 2.39. The molecule has 0 radical (unpaired) electrons. The number of benzene rings is 1. The van der Waals surface area contributed by atoms with Crippen LogP contribution in [0.2, 0.25) is 5.02 Å². The van der Waals surface area contributed by atoms with Gasteiger partial charge in [-0.15, -0.1) is 0 Å². The van der Waals surface area contributed by atoms with Crippen LogP contribution in [-0.4, -0.2) is 53.3 Å². The molecule has 4 rings (SSSR count). The molecule has 0 bridgehead atoms. The van der Waals surface area contributed by atoms with E-state index in [9.17, 15) is 23.2 Å². The SMILES string of the molecule is CNc1ccc(C(=O)COC(=O)[C@@H]2CCC3CC(c4c(N)ccc(Cl)c4F)=CC(=O)N32)c(F)n1. The van der Waals surface area contributed by atoms with Crippen LogP contribution < -0.4 is 11.1 Å². The summed E-state index contributed by atoms with van der Waals surface area (Å²) in [5, 5.41) is 2.54. The second-order valence-electron chi connectivity index (χ2n) is 8.01. The van der Waals surface area contributed by atoms with E-state index in [0.29, 0.717) is 18.4 Å². The van der Waals surface area contributed by atoms with E-state index < -0.39 is 42.1 Å². The maximum Gasteiger partial charge on any atom is 0.329 e. The van der Waals surface area contributed by atoms with E-state index in [2.05, 4.69) is 10.3 Å². The Morgan fingerprint density at radius 3 is 2.74 bits per heavy atom. The first-order valence-corrected chi connectivity index (χ1v) is 10.9. The molecule has 11 heteroatoms. The number of hydrogen-bond donors (Lipinski definition) is 2. The van der Waals surface area contributed by atoms with Gasteiger partial charge in [-0.25, -0.2) is 14.2 Å². The molecule has 0 aliphatic carbocycles. The molecule has 3 heterocycles. The number of carbonyl (C=O) groups is 3. The fourth-order valence-corrected chi connectivity index (χ4v) is 4.50. The number of aromatic nitrogens is 1. The Bertz CT molecular complexity index is 1220. The number of nitrogens with two attached hydrogens (primary N) is 1. The van der Waals surface area contributed by atoms with Gasteiger partial charge in [0.2, 0.25) is 17.6 Å². The Kier molecular flexibility index (Phi) is 6.52. The summed E-state index contributed by atoms with van der Waals surface area (Å²) in [5.41, 5.74) is 6.25. The minimum absolute atomic E-state index is 0.0806. The van der Waals surface area contributed by atoms with Crippen molar-refractivity contribution in [2.45, 2.75) is 31.3 Å². The molecule has 1 amide bonds. The standard InChI is InChI=1S/C23H21ClF2N4O4/c1-28-18-7-3-13(22(26)29-18)17(31)10-34-23(33)16-6-2-12-8-11(9-19(32)30(12)16)20-15(27)5-4-14(24)21(20)25/h3-5,7,9,12,16H,2,6,8,10,27H2,1H3,(H,28,29)/t12?,16-/m0/s1. The third kappa shape index (κ3) is 4.33. The van der Waals surface area contributed by atoms with Gasteiger partial charge in [0, 0.05) is 30.4 Å². The molecule has 1 saturated heterocycles. The Balaban J connectivity index is 1.45. The van der Waals surface area contributed by atoms with Gasteiger partial charge in [-0.05, 0) is 49.1 Å². The van der Waals surface area contributed by atoms with Crippen LogP contribution in [0.25, 0.3) is 5.57 Å². The summed E-state index contributed by atoms with van der Waals surface area (Å²) in [4.78, 5) is 42.8. The van der Waals surface area contributed by atoms with Gasteiger partial charge in [0.15, 0.2) is 12.4 Å². The summed E-state index contributed by atoms with van der Waals surface area (Å²) in [6, 6.07) is 4.21. The van der Waals surface area contributed by atoms with Crippen LogP contribution in [0.4, 0.5) is 20.3 Å². The number of carbonyl (C=O) groups excluding carboxylic acids is 3. The van der Waals surface area contributed by atoms with Crippen molar-refractivity contribution in [3.63, 3.8) is 0 Å². The zero-order valence-electron chi connectivity index (χ0n) is 18.1. The lowest BCUT2D eigenvalue weighted by molar-refractivity contribution is -0.152. The van der Waals surface area contributed by atoms with Crippen molar-refractivity contribution < 1.29 is 27.9 Å². The van der Waals surface area contributed by atoms with Crippen molar-refractivity contribution in [3.05, 3.63) is 58.3 Å². The Morgan fingerprint density at radius 2 is 2.03 bits per heavy atom. The predicted molar refractivity (Wildman–Crippen MR) is 121 cm³/mol. The predicted octanol–water partition coefficient (Wildman–Crippen LogP) is 3.21. The van der Waals surface area contributed by atoms with Gasteiger partial charge in [0.25, 0.3) is 0 Å². The number of fused-ring (bicyclic) bond motifs is 1. The van der Waals surface area contributed by atoms with Gasteiger partial charge in [0.05, 0.1) is 10.6 Å². The normalized spacial score (nSPS) is 19.5. The van der Waals surface area contributed by atoms with E-state index >= 15 is 0 Å². The number of esters is 1. The summed E-state index contributed by atoms with van der Waals surface area (Å²) in [7, 11) is 1.56. The minimum atomic E-state index is -0.981. The zero-order valence-corrected chi connectivity index (χ0v) is 18.9. The van der Waals surface area contributed by atoms with Gasteiger partial charge in [-0.2, -0.15) is 4.39 Å². The third-order valence-corrected chi connectivity index (χ3v) is 6.27. The van der Waals surface area contributed by atoms with E-state index in [1.807, 2.05) is 0 Å². The number of ether oxygens (including phenoxy) is 1. The number of nitrogens with one attached hydrogen (secondary N) is 1. The topological polar surface area (TPSA) is 115 Å². The number of rotatable bonds is 6. The minimum Gasteiger partial charge on any atom is -0.456 e. The number of hydrogen-bond acceptors (Lipinski definition) is 7. The molecule has 0 spiro atoms. The summed E-state index contributed by atoms with van der Waals surface area (Å²) >= 11 is 5.87. The molecule has 178 valence electrons. The van der Waals surface area contributed by atoms with E-state index in [1.54, 1.807) is 7.05 Å². The molecule has 0 saturated carbocycles. The second kappa shape index (κ2) is 9.38. The van der Waals surface area contributed by atoms with Crippen molar-refractivity contribution in [3.8, 4) is 0 Å². The molecule has 2 aliphatic rings. The summed E-state index contributed by atoms with van der Waals surface area (Å²) < 4.78 is 33.7. The van der Waals surface area contributed by atoms with E-state index in [0.717, 1.165) is 0 Å². The number of pyridine rings is 1. The van der Waals surface area contributed by atoms with E-state index in [-0.39, 0.29) is 40.1 Å². The Hall–Kier alpha value is -3.53. The number of Topliss-reactive ketones (excluding diaryl/α,β-unsaturated/α-hetero) is 1. The van der Waals surface area contributed by atoms with Crippen LogP contribution in [-0.2, 0) is 14.3 Å². The van der Waals surface area contributed by atoms with Gasteiger partial charge in [0.1, 0.15) is 11.9 Å². The van der Waals surface area contributed by atoms with Crippen LogP contribution >= 0.6 is 11.6 Å². The molecule has 3 N–H and O–H groups in total. The van der Waals surface area contributed by atoms with Crippen molar-refractivity contribution in [1.82, 2.24) is 9.88 Å². The first kappa shape index (κ1) is 23.6. The molecule has 2 aromatic rings. The highest BCUT2D eigenvalue weighted by Gasteiger charge is 2.44. The molecule has 1 aromatic carbocycles. The summed E-state index contributed by atoms with van der Waals surface area (Å²) in [5.74, 6) is -3.45. The quantitative estimate of drug-likeness (QED) is 0.276. The monoisotopic (exact) mass is 490 g/mol. The average Bonchev–Trinajstić information content (AvgIpc) is 3.24. The fraction of sp³-hybridized carbons (Fsp3) is 0.304. The molecule has 8 nitrogen and oxygen atoms in total. The lowest BCUT2D eigenvalue weighted by Gasteiger charge is -2.33. The van der Waals surface area contributed by atoms with Crippen LogP contribution in [0.5, 0.6) is 0 Å². The number of anilines is 2. The smallest absolute Gasteiger partial charge is 0.329 e. The molecule has 1 aromatic heterocycles. The van der Waals surface area contributed by atoms with Gasteiger partial charge >= 0.3 is 5.97 Å². The number of nitrogens with zero attached hydrogens (tertiary/aromatic N) is 2. The molecular weight excluding hydrogens is 470 g/mol. The van der Waals surface area contributed by atoms with Crippen molar-refractivity contribution >= 4 is 46.3 Å². The first-order valence-electron chi connectivity index (χ1n) is 10.5. The highest BCUT2D eigenvalue weighted by atomic mass is 35.5. The molecule has 2 atom stereocenters. The van der Waals surface area contributed by atoms with Crippen molar-refractivity contribution in [2.75, 3.05) is 24.7 Å². The molecule has 1 unspecified atom stereocenters. The largest absolute Gasteiger partial charge is 0.456 e. The number of ketones is 1. The number of amides is 1. The lowest BCUT2D eigenvalue weighted by atomic mass is 9.92. The first-order chi connectivity index (χ1) is 16.2. The average molecular weight is 491 g/mol. The van der Waals surface area contributed by atoms with Crippen molar-refractivity contribution in [2.24, 2.45) is 0 Å². The maximum atomic E-state index is 14.6. The molecule has 1 fully saturated rings. The van der Waals surface area contributed by atoms with Gasteiger partial charge < -0.3 is 20.7 Å². The Labute approximate surface area is 198 Å². The van der Waals surface area contributed by atoms with Gasteiger partial charge in [-0.3, -0.25) is 9.59 Å².